The SMILES string of the molecule is C=C/C1=C(C2=C(C)CCC2)/C=C(/N(/C(C=C)=C/C=C2/C3=C(CCC=C3)C2C)c2ccccc2)C/C(C2=CC=CC2)=C/C=C\C=C\CC1. The molecule has 0 aromatic heterocycles. The number of hydrogen-bond acceptors (Lipinski definition) is 1. The van der Waals surface area contributed by atoms with Crippen LogP contribution in [0.25, 0.3) is 0 Å². The summed E-state index contributed by atoms with van der Waals surface area (Å²) in [4.78, 5) is 2.45. The Morgan fingerprint density at radius 1 is 0.851 bits per heavy atom. The summed E-state index contributed by atoms with van der Waals surface area (Å²) < 4.78 is 0. The lowest BCUT2D eigenvalue weighted by Crippen LogP contribution is -2.23. The minimum atomic E-state index is 0.505. The number of rotatable bonds is 8. The molecule has 47 heavy (non-hydrogen) atoms. The Kier molecular flexibility index (Phi) is 10.5. The second-order valence-corrected chi connectivity index (χ2v) is 13.1. The lowest BCUT2D eigenvalue weighted by atomic mass is 9.69. The number of para-hydroxylation sites is 1. The van der Waals surface area contributed by atoms with E-state index in [1.54, 1.807) is 5.57 Å². The first-order chi connectivity index (χ1) is 23.1. The number of benzene rings is 1. The van der Waals surface area contributed by atoms with Crippen molar-refractivity contribution in [1.82, 2.24) is 0 Å². The van der Waals surface area contributed by atoms with Crippen LogP contribution in [0.3, 0.4) is 0 Å². The van der Waals surface area contributed by atoms with E-state index in [0.717, 1.165) is 56.3 Å². The van der Waals surface area contributed by atoms with Crippen LogP contribution in [0.15, 0.2) is 196 Å². The molecule has 1 atom stereocenters. The second kappa shape index (κ2) is 15.3. The van der Waals surface area contributed by atoms with E-state index in [4.69, 9.17) is 0 Å². The Morgan fingerprint density at radius 2 is 1.68 bits per heavy atom. The van der Waals surface area contributed by atoms with E-state index in [-0.39, 0.29) is 0 Å². The number of nitrogens with zero attached hydrogens (tertiary/aromatic N) is 1. The van der Waals surface area contributed by atoms with Gasteiger partial charge in [-0.2, -0.15) is 0 Å². The molecule has 1 aromatic rings. The van der Waals surface area contributed by atoms with E-state index in [1.807, 2.05) is 6.08 Å². The second-order valence-electron chi connectivity index (χ2n) is 13.1. The molecule has 1 heteroatoms. The Hall–Kier alpha value is -4.62. The van der Waals surface area contributed by atoms with Crippen molar-refractivity contribution in [3.8, 4) is 0 Å². The van der Waals surface area contributed by atoms with E-state index in [0.29, 0.717) is 5.92 Å². The van der Waals surface area contributed by atoms with Crippen molar-refractivity contribution in [3.05, 3.63) is 196 Å². The maximum atomic E-state index is 4.39. The van der Waals surface area contributed by atoms with Gasteiger partial charge < -0.3 is 4.90 Å². The molecule has 5 aliphatic rings. The van der Waals surface area contributed by atoms with Gasteiger partial charge in [0.15, 0.2) is 0 Å². The molecule has 0 heterocycles. The molecule has 0 saturated carbocycles. The van der Waals surface area contributed by atoms with Gasteiger partial charge in [-0.3, -0.25) is 0 Å². The van der Waals surface area contributed by atoms with Crippen LogP contribution in [0.4, 0.5) is 5.69 Å². The van der Waals surface area contributed by atoms with Gasteiger partial charge in [-0.1, -0.05) is 122 Å². The predicted octanol–water partition coefficient (Wildman–Crippen LogP) is 12.8. The summed E-state index contributed by atoms with van der Waals surface area (Å²) in [7, 11) is 0. The normalized spacial score (nSPS) is 27.8. The highest BCUT2D eigenvalue weighted by Gasteiger charge is 2.30. The van der Waals surface area contributed by atoms with Crippen LogP contribution in [0, 0.1) is 5.92 Å². The Morgan fingerprint density at radius 3 is 2.43 bits per heavy atom. The molecule has 0 bridgehead atoms. The van der Waals surface area contributed by atoms with Gasteiger partial charge in [0.1, 0.15) is 0 Å². The van der Waals surface area contributed by atoms with Crippen molar-refractivity contribution in [2.24, 2.45) is 5.92 Å². The van der Waals surface area contributed by atoms with Gasteiger partial charge in [-0.15, -0.1) is 0 Å². The quantitative estimate of drug-likeness (QED) is 0.263. The Labute approximate surface area is 283 Å². The standard InChI is InChI=1S/C46H49N/c1-5-36-21-11-8-7-9-12-24-38(37-22-15-16-23-37)32-41(33-46(36)42-29-19-20-34(42)3)47(40-25-13-10-14-26-40)39(6-2)30-31-44-35(4)43-27-17-18-28-45(43)44/h5-10,12-16,18,22,24-26,28,30-31,33,35H,1-2,11,17,19-21,23,27,29,32H2,3-4H3/b8-7+,12-9-,38-24-,39-30+,41-33+,44-31+,46-36+. The first-order valence-corrected chi connectivity index (χ1v) is 17.5. The fourth-order valence-electron chi connectivity index (χ4n) is 7.61. The van der Waals surface area contributed by atoms with Crippen molar-refractivity contribution < 1.29 is 0 Å². The van der Waals surface area contributed by atoms with E-state index in [1.165, 1.54) is 63.1 Å². The maximum Gasteiger partial charge on any atom is 0.0458 e. The molecule has 0 spiro atoms. The summed E-state index contributed by atoms with van der Waals surface area (Å²) in [6.07, 6.45) is 43.3. The van der Waals surface area contributed by atoms with Crippen LogP contribution >= 0.6 is 0 Å². The van der Waals surface area contributed by atoms with E-state index >= 15 is 0 Å². The molecule has 0 N–H and O–H groups in total. The minimum Gasteiger partial charge on any atom is -0.314 e. The van der Waals surface area contributed by atoms with Crippen LogP contribution in [0.1, 0.15) is 71.6 Å². The molecule has 1 nitrogen and oxygen atoms in total. The predicted molar refractivity (Wildman–Crippen MR) is 204 cm³/mol. The molecular weight excluding hydrogens is 567 g/mol. The third kappa shape index (κ3) is 7.20. The van der Waals surface area contributed by atoms with Crippen molar-refractivity contribution in [3.63, 3.8) is 0 Å². The molecule has 0 aliphatic heterocycles. The first kappa shape index (κ1) is 32.3. The monoisotopic (exact) mass is 615 g/mol. The number of anilines is 1. The molecule has 6 rings (SSSR count). The molecule has 0 saturated heterocycles. The van der Waals surface area contributed by atoms with Gasteiger partial charge in [0.05, 0.1) is 0 Å². The van der Waals surface area contributed by atoms with Gasteiger partial charge >= 0.3 is 0 Å². The highest BCUT2D eigenvalue weighted by atomic mass is 15.2. The summed E-state index contributed by atoms with van der Waals surface area (Å²) in [5, 5.41) is 0. The molecular formula is C46H49N. The van der Waals surface area contributed by atoms with Gasteiger partial charge in [-0.05, 0) is 128 Å². The molecule has 0 fully saturated rings. The van der Waals surface area contributed by atoms with Gasteiger partial charge in [0.25, 0.3) is 0 Å². The van der Waals surface area contributed by atoms with Gasteiger partial charge in [0.2, 0.25) is 0 Å². The van der Waals surface area contributed by atoms with Crippen LogP contribution < -0.4 is 4.90 Å². The van der Waals surface area contributed by atoms with Crippen molar-refractivity contribution in [2.75, 3.05) is 4.90 Å². The lowest BCUT2D eigenvalue weighted by Gasteiger charge is -2.35. The highest BCUT2D eigenvalue weighted by molar-refractivity contribution is 5.66. The molecule has 238 valence electrons. The Balaban J connectivity index is 1.57. The first-order valence-electron chi connectivity index (χ1n) is 17.5. The fourth-order valence-corrected chi connectivity index (χ4v) is 7.61. The number of hydrogen-bond donors (Lipinski definition) is 0. The largest absolute Gasteiger partial charge is 0.314 e. The van der Waals surface area contributed by atoms with Crippen LogP contribution in [0.2, 0.25) is 0 Å². The summed E-state index contributed by atoms with van der Waals surface area (Å²) in [6, 6.07) is 10.8. The average Bonchev–Trinajstić information content (AvgIpc) is 3.80. The van der Waals surface area contributed by atoms with Crippen molar-refractivity contribution in [2.45, 2.75) is 71.6 Å². The van der Waals surface area contributed by atoms with Crippen LogP contribution in [-0.4, -0.2) is 0 Å². The summed E-state index contributed by atoms with van der Waals surface area (Å²) in [5.74, 6) is 0.505. The zero-order valence-corrected chi connectivity index (χ0v) is 28.3. The minimum absolute atomic E-state index is 0.505. The zero-order chi connectivity index (χ0) is 32.6. The Bertz CT molecular complexity index is 1780. The lowest BCUT2D eigenvalue weighted by molar-refractivity contribution is 0.672. The summed E-state index contributed by atoms with van der Waals surface area (Å²) in [6.45, 7) is 13.4. The van der Waals surface area contributed by atoms with E-state index < -0.39 is 0 Å². The molecule has 0 radical (unpaired) electrons. The van der Waals surface area contributed by atoms with Crippen LogP contribution in [-0.2, 0) is 0 Å². The van der Waals surface area contributed by atoms with E-state index in [2.05, 4.69) is 147 Å². The van der Waals surface area contributed by atoms with Crippen molar-refractivity contribution >= 4 is 5.69 Å². The third-order valence-corrected chi connectivity index (χ3v) is 10.2. The summed E-state index contributed by atoms with van der Waals surface area (Å²) >= 11 is 0. The molecule has 1 aromatic carbocycles. The molecule has 0 amide bonds. The maximum absolute atomic E-state index is 4.39. The topological polar surface area (TPSA) is 3.24 Å². The van der Waals surface area contributed by atoms with E-state index in [9.17, 15) is 0 Å². The number of allylic oxidation sites excluding steroid dienone is 24. The van der Waals surface area contributed by atoms with Gasteiger partial charge in [0, 0.05) is 29.4 Å². The van der Waals surface area contributed by atoms with Gasteiger partial charge in [-0.25, -0.2) is 0 Å². The summed E-state index contributed by atoms with van der Waals surface area (Å²) in [5.41, 5.74) is 16.3. The van der Waals surface area contributed by atoms with Crippen LogP contribution in [0.5, 0.6) is 0 Å². The highest BCUT2D eigenvalue weighted by Crippen LogP contribution is 2.46. The fraction of sp³-hybridized carbons (Fsp3) is 0.261. The van der Waals surface area contributed by atoms with Crippen molar-refractivity contribution in [1.29, 1.82) is 0 Å². The third-order valence-electron chi connectivity index (χ3n) is 10.2. The average molecular weight is 616 g/mol. The smallest absolute Gasteiger partial charge is 0.0458 e. The molecule has 5 aliphatic carbocycles. The molecule has 1 unspecified atom stereocenters. The zero-order valence-electron chi connectivity index (χ0n) is 28.3.